The van der Waals surface area contributed by atoms with Crippen LogP contribution in [0.1, 0.15) is 56.2 Å². The van der Waals surface area contributed by atoms with Gasteiger partial charge in [-0.3, -0.25) is 9.69 Å². The standard InChI is InChI=1S/C31H36N2O4/c1-22(34)36-21-25-17-27-26(15-16-29(30(27)32-25)37-20-24-13-9-6-10-14-24)28(35)19-33(31(2,3)4)18-23-11-7-5-8-12-23/h5-17,28,32,35H,18-21H2,1-4H3. The van der Waals surface area contributed by atoms with Gasteiger partial charge in [-0.15, -0.1) is 0 Å². The Morgan fingerprint density at radius 1 is 0.946 bits per heavy atom. The van der Waals surface area contributed by atoms with Gasteiger partial charge >= 0.3 is 5.97 Å². The number of hydrogen-bond donors (Lipinski definition) is 2. The largest absolute Gasteiger partial charge is 0.487 e. The molecule has 0 spiro atoms. The number of hydrogen-bond acceptors (Lipinski definition) is 5. The molecule has 2 N–H and O–H groups in total. The van der Waals surface area contributed by atoms with Crippen molar-refractivity contribution in [3.8, 4) is 5.75 Å². The summed E-state index contributed by atoms with van der Waals surface area (Å²) in [6, 6.07) is 26.0. The van der Waals surface area contributed by atoms with E-state index in [0.29, 0.717) is 18.9 Å². The lowest BCUT2D eigenvalue weighted by molar-refractivity contribution is -0.142. The third-order valence-electron chi connectivity index (χ3n) is 6.43. The number of β-amino-alcohol motifs (C(OH)–C–C–N with tert-alkyl or cyclic N) is 1. The molecule has 0 aliphatic rings. The van der Waals surface area contributed by atoms with E-state index in [1.54, 1.807) is 0 Å². The number of esters is 1. The predicted octanol–water partition coefficient (Wildman–Crippen LogP) is 6.14. The van der Waals surface area contributed by atoms with Crippen molar-refractivity contribution in [1.29, 1.82) is 0 Å². The number of nitrogens with zero attached hydrogens (tertiary/aromatic N) is 1. The van der Waals surface area contributed by atoms with E-state index in [-0.39, 0.29) is 18.1 Å². The Morgan fingerprint density at radius 3 is 2.22 bits per heavy atom. The average molecular weight is 501 g/mol. The van der Waals surface area contributed by atoms with Crippen LogP contribution in [0.4, 0.5) is 0 Å². The second kappa shape index (κ2) is 11.6. The minimum Gasteiger partial charge on any atom is -0.487 e. The molecule has 0 aliphatic heterocycles. The first-order chi connectivity index (χ1) is 17.7. The third kappa shape index (κ3) is 7.00. The van der Waals surface area contributed by atoms with Gasteiger partial charge in [-0.05, 0) is 49.6 Å². The summed E-state index contributed by atoms with van der Waals surface area (Å²) in [5.74, 6) is 0.335. The van der Waals surface area contributed by atoms with Crippen LogP contribution < -0.4 is 4.74 Å². The number of benzene rings is 3. The Labute approximate surface area is 218 Å². The van der Waals surface area contributed by atoms with Crippen LogP contribution in [0, 0.1) is 0 Å². The monoisotopic (exact) mass is 500 g/mol. The van der Waals surface area contributed by atoms with Crippen molar-refractivity contribution >= 4 is 16.9 Å². The lowest BCUT2D eigenvalue weighted by Gasteiger charge is -2.37. The first-order valence-electron chi connectivity index (χ1n) is 12.6. The van der Waals surface area contributed by atoms with Gasteiger partial charge in [-0.2, -0.15) is 0 Å². The molecule has 1 unspecified atom stereocenters. The number of aromatic amines is 1. The highest BCUT2D eigenvalue weighted by Crippen LogP contribution is 2.34. The molecule has 0 saturated carbocycles. The fourth-order valence-electron chi connectivity index (χ4n) is 4.36. The molecular formula is C31H36N2O4. The lowest BCUT2D eigenvalue weighted by atomic mass is 9.99. The van der Waals surface area contributed by atoms with Crippen LogP contribution in [0.15, 0.2) is 78.9 Å². The second-order valence-electron chi connectivity index (χ2n) is 10.3. The molecule has 0 aliphatic carbocycles. The third-order valence-corrected chi connectivity index (χ3v) is 6.43. The van der Waals surface area contributed by atoms with Crippen molar-refractivity contribution in [3.05, 3.63) is 101 Å². The Bertz CT molecular complexity index is 1310. The second-order valence-corrected chi connectivity index (χ2v) is 10.3. The van der Waals surface area contributed by atoms with E-state index in [9.17, 15) is 9.90 Å². The number of ether oxygens (including phenoxy) is 2. The molecule has 1 aromatic heterocycles. The Hall–Kier alpha value is -3.61. The maximum absolute atomic E-state index is 11.5. The molecular weight excluding hydrogens is 464 g/mol. The van der Waals surface area contributed by atoms with Crippen molar-refractivity contribution in [2.75, 3.05) is 6.54 Å². The Morgan fingerprint density at radius 2 is 1.59 bits per heavy atom. The summed E-state index contributed by atoms with van der Waals surface area (Å²) in [6.07, 6.45) is -0.731. The number of nitrogens with one attached hydrogen (secondary N) is 1. The van der Waals surface area contributed by atoms with Gasteiger partial charge in [-0.1, -0.05) is 66.7 Å². The first-order valence-corrected chi connectivity index (χ1v) is 12.6. The van der Waals surface area contributed by atoms with E-state index in [1.165, 1.54) is 12.5 Å². The predicted molar refractivity (Wildman–Crippen MR) is 146 cm³/mol. The smallest absolute Gasteiger partial charge is 0.303 e. The van der Waals surface area contributed by atoms with Gasteiger partial charge in [0, 0.05) is 30.9 Å². The summed E-state index contributed by atoms with van der Waals surface area (Å²) >= 11 is 0. The van der Waals surface area contributed by atoms with Crippen LogP contribution in [-0.2, 0) is 29.3 Å². The van der Waals surface area contributed by atoms with E-state index in [0.717, 1.165) is 34.3 Å². The molecule has 1 atom stereocenters. The molecule has 0 amide bonds. The fourth-order valence-corrected chi connectivity index (χ4v) is 4.36. The molecule has 3 aromatic carbocycles. The Kier molecular flexibility index (Phi) is 8.31. The summed E-state index contributed by atoms with van der Waals surface area (Å²) in [7, 11) is 0. The topological polar surface area (TPSA) is 74.8 Å². The number of rotatable bonds is 10. The number of carbonyl (C=O) groups excluding carboxylic acids is 1. The summed E-state index contributed by atoms with van der Waals surface area (Å²) < 4.78 is 11.4. The van der Waals surface area contributed by atoms with Gasteiger partial charge < -0.3 is 19.6 Å². The normalized spacial score (nSPS) is 12.6. The van der Waals surface area contributed by atoms with Crippen molar-refractivity contribution in [1.82, 2.24) is 9.88 Å². The summed E-state index contributed by atoms with van der Waals surface area (Å²) in [6.45, 7) is 9.60. The van der Waals surface area contributed by atoms with Gasteiger partial charge in [0.1, 0.15) is 19.0 Å². The van der Waals surface area contributed by atoms with E-state index in [2.05, 4.69) is 42.8 Å². The molecule has 4 rings (SSSR count). The van der Waals surface area contributed by atoms with Crippen LogP contribution >= 0.6 is 0 Å². The van der Waals surface area contributed by atoms with Crippen molar-refractivity contribution < 1.29 is 19.4 Å². The average Bonchev–Trinajstić information content (AvgIpc) is 3.31. The zero-order valence-corrected chi connectivity index (χ0v) is 22.0. The van der Waals surface area contributed by atoms with Gasteiger partial charge in [0.25, 0.3) is 0 Å². The minimum atomic E-state index is -0.731. The maximum Gasteiger partial charge on any atom is 0.303 e. The van der Waals surface area contributed by atoms with Crippen molar-refractivity contribution in [3.63, 3.8) is 0 Å². The summed E-state index contributed by atoms with van der Waals surface area (Å²) in [4.78, 5) is 17.0. The maximum atomic E-state index is 11.5. The highest BCUT2D eigenvalue weighted by atomic mass is 16.5. The zero-order valence-electron chi connectivity index (χ0n) is 22.0. The summed E-state index contributed by atoms with van der Waals surface area (Å²) in [5.41, 5.74) is 4.44. The molecule has 194 valence electrons. The van der Waals surface area contributed by atoms with Crippen LogP contribution in [0.25, 0.3) is 10.9 Å². The van der Waals surface area contributed by atoms with E-state index < -0.39 is 6.10 Å². The molecule has 0 bridgehead atoms. The molecule has 6 heteroatoms. The fraction of sp³-hybridized carbons (Fsp3) is 0.323. The van der Waals surface area contributed by atoms with Crippen LogP contribution in [-0.4, -0.2) is 33.0 Å². The molecule has 1 heterocycles. The molecule has 0 fully saturated rings. The van der Waals surface area contributed by atoms with Crippen LogP contribution in [0.3, 0.4) is 0 Å². The molecule has 4 aromatic rings. The number of fused-ring (bicyclic) bond motifs is 1. The van der Waals surface area contributed by atoms with Crippen LogP contribution in [0.2, 0.25) is 0 Å². The van der Waals surface area contributed by atoms with Gasteiger partial charge in [0.15, 0.2) is 0 Å². The number of aromatic nitrogens is 1. The molecule has 6 nitrogen and oxygen atoms in total. The number of aliphatic hydroxyl groups excluding tert-OH is 1. The van der Waals surface area contributed by atoms with Crippen molar-refractivity contribution in [2.45, 2.75) is 59.1 Å². The highest BCUT2D eigenvalue weighted by Gasteiger charge is 2.26. The van der Waals surface area contributed by atoms with Gasteiger partial charge in [-0.25, -0.2) is 0 Å². The summed E-state index contributed by atoms with van der Waals surface area (Å²) in [5, 5.41) is 12.3. The van der Waals surface area contributed by atoms with Crippen LogP contribution in [0.5, 0.6) is 5.75 Å². The molecule has 37 heavy (non-hydrogen) atoms. The molecule has 0 radical (unpaired) electrons. The zero-order chi connectivity index (χ0) is 26.4. The SMILES string of the molecule is CC(=O)OCc1cc2c(C(O)CN(Cc3ccccc3)C(C)(C)C)ccc(OCc3ccccc3)c2[nH]1. The molecule has 0 saturated heterocycles. The Balaban J connectivity index is 1.63. The minimum absolute atomic E-state index is 0.125. The van der Waals surface area contributed by atoms with E-state index >= 15 is 0 Å². The van der Waals surface area contributed by atoms with E-state index in [1.807, 2.05) is 66.7 Å². The first kappa shape index (κ1) is 26.5. The van der Waals surface area contributed by atoms with Gasteiger partial charge in [0.05, 0.1) is 17.3 Å². The van der Waals surface area contributed by atoms with E-state index in [4.69, 9.17) is 9.47 Å². The van der Waals surface area contributed by atoms with Crippen molar-refractivity contribution in [2.24, 2.45) is 0 Å². The number of H-pyrrole nitrogens is 1. The van der Waals surface area contributed by atoms with Gasteiger partial charge in [0.2, 0.25) is 0 Å². The number of aliphatic hydroxyl groups is 1. The lowest BCUT2D eigenvalue weighted by Crippen LogP contribution is -2.43. The quantitative estimate of drug-likeness (QED) is 0.256. The highest BCUT2D eigenvalue weighted by molar-refractivity contribution is 5.89. The number of carbonyl (C=O) groups is 1.